The molecule has 3 rings (SSSR count). The van der Waals surface area contributed by atoms with Gasteiger partial charge in [0, 0.05) is 36.2 Å². The van der Waals surface area contributed by atoms with Gasteiger partial charge in [0.05, 0.1) is 30.0 Å². The summed E-state index contributed by atoms with van der Waals surface area (Å²) < 4.78 is 17.6. The molecule has 1 unspecified atom stereocenters. The predicted molar refractivity (Wildman–Crippen MR) is 176 cm³/mol. The predicted octanol–water partition coefficient (Wildman–Crippen LogP) is 4.75. The number of esters is 1. The molecule has 0 aromatic heterocycles. The Morgan fingerprint density at radius 3 is 2.17 bits per heavy atom. The number of nitrogens with one attached hydrogen (secondary N) is 1. The fourth-order valence-corrected chi connectivity index (χ4v) is 9.69. The van der Waals surface area contributed by atoms with Gasteiger partial charge in [-0.15, -0.1) is 0 Å². The molecule has 0 radical (unpaired) electrons. The van der Waals surface area contributed by atoms with E-state index in [0.29, 0.717) is 19.4 Å². The average molecular weight is 654 g/mol. The lowest BCUT2D eigenvalue weighted by molar-refractivity contribution is -0.204. The van der Waals surface area contributed by atoms with Crippen molar-refractivity contribution >= 4 is 12.1 Å². The van der Waals surface area contributed by atoms with Crippen molar-refractivity contribution in [3.63, 3.8) is 0 Å². The summed E-state index contributed by atoms with van der Waals surface area (Å²) in [5.74, 6) is -1.83. The lowest BCUT2D eigenvalue weighted by atomic mass is 9.50. The third kappa shape index (κ3) is 6.89. The molecule has 10 heteroatoms. The Kier molecular flexibility index (Phi) is 11.5. The van der Waals surface area contributed by atoms with Crippen LogP contribution in [0.2, 0.25) is 0 Å². The number of aliphatic hydroxyl groups is 4. The zero-order valence-corrected chi connectivity index (χ0v) is 30.5. The van der Waals surface area contributed by atoms with E-state index in [0.717, 1.165) is 11.1 Å². The molecule has 0 aromatic rings. The van der Waals surface area contributed by atoms with Crippen molar-refractivity contribution in [3.05, 3.63) is 11.1 Å². The van der Waals surface area contributed by atoms with Gasteiger partial charge >= 0.3 is 12.1 Å². The SMILES string of the molecule is CCO[C@@H]1C[C@H](O)[C@]2(C)[C@@H]([C@H]1C)[C@H](C)[C@]1(C(C)(C)O)C[C@H](OC(=O)C(O)[C@H](CC(C)C)NC(=O)OC(C)(C)C)C(C)=C1[C@H](C)[C@@H]2O. The Balaban J connectivity index is 2.05. The van der Waals surface area contributed by atoms with Gasteiger partial charge in [-0.05, 0) is 84.1 Å². The maximum Gasteiger partial charge on any atom is 0.407 e. The normalized spacial score (nSPS) is 38.0. The smallest absolute Gasteiger partial charge is 0.407 e. The summed E-state index contributed by atoms with van der Waals surface area (Å²) in [4.78, 5) is 26.2. The standard InChI is InChI=1S/C36H63NO9/c1-14-44-24-16-26(38)35(13)28(19(24)4)22(7)36(34(11,12)43)17-25(20(5)27(36)21(6)30(35)40)45-31(41)29(39)23(15-18(2)3)37-32(42)46-33(8,9)10/h18-19,21-26,28-30,38-40,43H,14-17H2,1-13H3,(H,37,42)/t19-,21-,22-,23-,24+,25-,26-,28-,29?,30-,35+,36+/m0/s1. The summed E-state index contributed by atoms with van der Waals surface area (Å²) in [5, 5.41) is 49.8. The number of hydrogen-bond acceptors (Lipinski definition) is 9. The second-order valence-electron chi connectivity index (χ2n) is 16.6. The third-order valence-corrected chi connectivity index (χ3v) is 11.6. The van der Waals surface area contributed by atoms with Crippen molar-refractivity contribution < 1.29 is 44.2 Å². The number of hydrogen-bond donors (Lipinski definition) is 5. The van der Waals surface area contributed by atoms with Crippen LogP contribution in [0, 0.1) is 40.4 Å². The highest BCUT2D eigenvalue weighted by Gasteiger charge is 2.69. The number of rotatable bonds is 9. The molecular weight excluding hydrogens is 590 g/mol. The second kappa shape index (κ2) is 13.7. The van der Waals surface area contributed by atoms with Gasteiger partial charge in [-0.3, -0.25) is 0 Å². The highest BCUT2D eigenvalue weighted by Crippen LogP contribution is 2.68. The molecular formula is C36H63NO9. The lowest BCUT2D eigenvalue weighted by Gasteiger charge is -2.57. The Hall–Kier alpha value is -1.72. The van der Waals surface area contributed by atoms with Crippen LogP contribution in [0.4, 0.5) is 4.79 Å². The van der Waals surface area contributed by atoms with Gasteiger partial charge < -0.3 is 40.0 Å². The van der Waals surface area contributed by atoms with E-state index in [1.54, 1.807) is 34.6 Å². The van der Waals surface area contributed by atoms with Crippen molar-refractivity contribution in [2.24, 2.45) is 40.4 Å². The molecule has 1 amide bonds. The first-order chi connectivity index (χ1) is 20.9. The minimum absolute atomic E-state index is 0.0387. The molecule has 3 aliphatic carbocycles. The maximum absolute atomic E-state index is 13.6. The second-order valence-corrected chi connectivity index (χ2v) is 16.6. The summed E-state index contributed by atoms with van der Waals surface area (Å²) in [6.45, 7) is 25.0. The van der Waals surface area contributed by atoms with E-state index in [9.17, 15) is 30.0 Å². The monoisotopic (exact) mass is 653 g/mol. The molecule has 0 aliphatic heterocycles. The zero-order chi connectivity index (χ0) is 35.3. The fourth-order valence-electron chi connectivity index (χ4n) is 9.69. The van der Waals surface area contributed by atoms with Crippen molar-refractivity contribution in [1.82, 2.24) is 5.32 Å². The molecule has 2 saturated carbocycles. The minimum atomic E-state index is -1.65. The van der Waals surface area contributed by atoms with Crippen LogP contribution in [0.1, 0.15) is 109 Å². The molecule has 46 heavy (non-hydrogen) atoms. The van der Waals surface area contributed by atoms with Gasteiger partial charge in [0.2, 0.25) is 0 Å². The van der Waals surface area contributed by atoms with Crippen molar-refractivity contribution in [3.8, 4) is 0 Å². The average Bonchev–Trinajstić information content (AvgIpc) is 3.18. The van der Waals surface area contributed by atoms with Crippen LogP contribution in [-0.2, 0) is 19.0 Å². The summed E-state index contributed by atoms with van der Waals surface area (Å²) >= 11 is 0. The Morgan fingerprint density at radius 2 is 1.67 bits per heavy atom. The van der Waals surface area contributed by atoms with Crippen molar-refractivity contribution in [2.45, 2.75) is 157 Å². The minimum Gasteiger partial charge on any atom is -0.456 e. The maximum atomic E-state index is 13.6. The molecule has 12 atom stereocenters. The van der Waals surface area contributed by atoms with Crippen LogP contribution in [0.3, 0.4) is 0 Å². The van der Waals surface area contributed by atoms with Gasteiger partial charge in [-0.1, -0.05) is 47.1 Å². The quantitative estimate of drug-likeness (QED) is 0.175. The Bertz CT molecular complexity index is 1140. The van der Waals surface area contributed by atoms with Crippen LogP contribution in [0.15, 0.2) is 11.1 Å². The first-order valence-electron chi connectivity index (χ1n) is 17.2. The van der Waals surface area contributed by atoms with Crippen LogP contribution < -0.4 is 5.32 Å². The molecule has 266 valence electrons. The number of carbonyl (C=O) groups excluding carboxylic acids is 2. The molecule has 0 saturated heterocycles. The first-order valence-corrected chi connectivity index (χ1v) is 17.2. The molecule has 0 heterocycles. The Labute approximate surface area is 276 Å². The molecule has 0 aromatic carbocycles. The van der Waals surface area contributed by atoms with Gasteiger partial charge in [0.25, 0.3) is 0 Å². The number of ether oxygens (including phenoxy) is 3. The lowest BCUT2D eigenvalue weighted by Crippen LogP contribution is -2.61. The van der Waals surface area contributed by atoms with Gasteiger partial charge in [-0.25, -0.2) is 9.59 Å². The van der Waals surface area contributed by atoms with E-state index >= 15 is 0 Å². The molecule has 5 N–H and O–H groups in total. The van der Waals surface area contributed by atoms with E-state index in [2.05, 4.69) is 19.2 Å². The van der Waals surface area contributed by atoms with Gasteiger partial charge in [-0.2, -0.15) is 0 Å². The summed E-state index contributed by atoms with van der Waals surface area (Å²) in [6.07, 6.45) is -4.16. The first kappa shape index (κ1) is 38.7. The van der Waals surface area contributed by atoms with Gasteiger partial charge in [0.15, 0.2) is 6.10 Å². The van der Waals surface area contributed by atoms with E-state index in [-0.39, 0.29) is 36.2 Å². The number of alkyl carbamates (subject to hydrolysis) is 1. The van der Waals surface area contributed by atoms with E-state index in [4.69, 9.17) is 14.2 Å². The highest BCUT2D eigenvalue weighted by molar-refractivity contribution is 5.77. The molecule has 0 bridgehead atoms. The molecule has 10 nitrogen and oxygen atoms in total. The van der Waals surface area contributed by atoms with E-state index in [1.165, 1.54) is 0 Å². The van der Waals surface area contributed by atoms with Crippen molar-refractivity contribution in [1.29, 1.82) is 0 Å². The number of amides is 1. The molecule has 2 fully saturated rings. The van der Waals surface area contributed by atoms with Gasteiger partial charge in [0.1, 0.15) is 11.7 Å². The third-order valence-electron chi connectivity index (χ3n) is 11.6. The van der Waals surface area contributed by atoms with Crippen LogP contribution in [0.25, 0.3) is 0 Å². The summed E-state index contributed by atoms with van der Waals surface area (Å²) in [5.41, 5.74) is -2.29. The molecule has 3 aliphatic rings. The number of fused-ring (bicyclic) bond motifs is 2. The van der Waals surface area contributed by atoms with Crippen LogP contribution in [-0.4, -0.2) is 86.9 Å². The highest BCUT2D eigenvalue weighted by atomic mass is 16.6. The number of aliphatic hydroxyl groups excluding tert-OH is 3. The molecule has 0 spiro atoms. The van der Waals surface area contributed by atoms with E-state index < -0.39 is 70.5 Å². The van der Waals surface area contributed by atoms with Crippen LogP contribution in [0.5, 0.6) is 0 Å². The Morgan fingerprint density at radius 1 is 1.09 bits per heavy atom. The van der Waals surface area contributed by atoms with Crippen LogP contribution >= 0.6 is 0 Å². The largest absolute Gasteiger partial charge is 0.456 e. The van der Waals surface area contributed by atoms with E-state index in [1.807, 2.05) is 41.5 Å². The fraction of sp³-hybridized carbons (Fsp3) is 0.889. The zero-order valence-electron chi connectivity index (χ0n) is 30.5. The summed E-state index contributed by atoms with van der Waals surface area (Å²) in [7, 11) is 0. The summed E-state index contributed by atoms with van der Waals surface area (Å²) in [6, 6.07) is -0.939. The number of carbonyl (C=O) groups is 2. The van der Waals surface area contributed by atoms with Crippen molar-refractivity contribution in [2.75, 3.05) is 6.61 Å². The topological polar surface area (TPSA) is 155 Å².